The van der Waals surface area contributed by atoms with Crippen molar-refractivity contribution in [3.8, 4) is 0 Å². The second kappa shape index (κ2) is 8.90. The molecule has 0 bridgehead atoms. The predicted octanol–water partition coefficient (Wildman–Crippen LogP) is 3.77. The summed E-state index contributed by atoms with van der Waals surface area (Å²) >= 11 is 0. The first kappa shape index (κ1) is 19.2. The third-order valence-corrected chi connectivity index (χ3v) is 5.23. The lowest BCUT2D eigenvalue weighted by Crippen LogP contribution is -2.31. The number of aromatic nitrogens is 2. The van der Waals surface area contributed by atoms with Crippen LogP contribution in [0, 0.1) is 6.92 Å². The van der Waals surface area contributed by atoms with Gasteiger partial charge >= 0.3 is 0 Å². The van der Waals surface area contributed by atoms with E-state index in [1.807, 2.05) is 55.5 Å². The average molecular weight is 390 g/mol. The van der Waals surface area contributed by atoms with Crippen LogP contribution in [0.2, 0.25) is 0 Å². The Labute approximate surface area is 171 Å². The maximum Gasteiger partial charge on any atom is 0.251 e. The van der Waals surface area contributed by atoms with Crippen molar-refractivity contribution in [2.24, 2.45) is 0 Å². The van der Waals surface area contributed by atoms with E-state index >= 15 is 0 Å². The van der Waals surface area contributed by atoms with E-state index in [1.165, 1.54) is 19.3 Å². The molecule has 1 aliphatic rings. The van der Waals surface area contributed by atoms with Crippen molar-refractivity contribution in [1.82, 2.24) is 15.3 Å². The van der Waals surface area contributed by atoms with Gasteiger partial charge in [-0.2, -0.15) is 0 Å². The fourth-order valence-corrected chi connectivity index (χ4v) is 3.73. The van der Waals surface area contributed by atoms with Crippen LogP contribution in [-0.4, -0.2) is 42.1 Å². The molecule has 0 unspecified atom stereocenters. The molecule has 0 spiro atoms. The van der Waals surface area contributed by atoms with Gasteiger partial charge in [-0.15, -0.1) is 0 Å². The van der Waals surface area contributed by atoms with Gasteiger partial charge in [0.1, 0.15) is 17.5 Å². The highest BCUT2D eigenvalue weighted by atomic mass is 16.1. The van der Waals surface area contributed by atoms with Crippen LogP contribution in [0.25, 0.3) is 10.8 Å². The van der Waals surface area contributed by atoms with Gasteiger partial charge in [0.05, 0.1) is 0 Å². The Kier molecular flexibility index (Phi) is 5.89. The van der Waals surface area contributed by atoms with Gasteiger partial charge < -0.3 is 15.5 Å². The molecule has 1 aliphatic heterocycles. The van der Waals surface area contributed by atoms with Crippen LogP contribution >= 0.6 is 0 Å². The highest BCUT2D eigenvalue weighted by molar-refractivity contribution is 5.98. The zero-order chi connectivity index (χ0) is 20.1. The van der Waals surface area contributed by atoms with Gasteiger partial charge in [-0.25, -0.2) is 9.97 Å². The number of anilines is 2. The van der Waals surface area contributed by atoms with E-state index < -0.39 is 0 Å². The number of carbonyl (C=O) groups is 1. The van der Waals surface area contributed by atoms with Gasteiger partial charge in [0.15, 0.2) is 0 Å². The molecule has 0 saturated carbocycles. The van der Waals surface area contributed by atoms with Gasteiger partial charge in [0, 0.05) is 37.8 Å². The fourth-order valence-electron chi connectivity index (χ4n) is 3.73. The minimum absolute atomic E-state index is 0.0644. The largest absolute Gasteiger partial charge is 0.368 e. The van der Waals surface area contributed by atoms with Crippen molar-refractivity contribution in [1.29, 1.82) is 0 Å². The molecule has 1 saturated heterocycles. The smallest absolute Gasteiger partial charge is 0.251 e. The number of fused-ring (bicyclic) bond motifs is 1. The van der Waals surface area contributed by atoms with Crippen LogP contribution < -0.4 is 15.5 Å². The summed E-state index contributed by atoms with van der Waals surface area (Å²) in [6, 6.07) is 15.8. The van der Waals surface area contributed by atoms with Crippen molar-refractivity contribution in [3.63, 3.8) is 0 Å². The number of hydrogen-bond donors (Lipinski definition) is 2. The number of aryl methyl sites for hydroxylation is 1. The lowest BCUT2D eigenvalue weighted by molar-refractivity contribution is 0.0955. The molecule has 0 radical (unpaired) electrons. The molecule has 0 atom stereocenters. The Morgan fingerprint density at radius 1 is 0.966 bits per heavy atom. The molecule has 2 heterocycles. The second-order valence-electron chi connectivity index (χ2n) is 7.45. The van der Waals surface area contributed by atoms with Crippen molar-refractivity contribution in [2.45, 2.75) is 26.2 Å². The minimum atomic E-state index is -0.0644. The van der Waals surface area contributed by atoms with Crippen LogP contribution in [-0.2, 0) is 0 Å². The van der Waals surface area contributed by atoms with Gasteiger partial charge in [-0.1, -0.05) is 30.3 Å². The summed E-state index contributed by atoms with van der Waals surface area (Å²) < 4.78 is 0. The summed E-state index contributed by atoms with van der Waals surface area (Å²) in [6.45, 7) is 5.15. The summed E-state index contributed by atoms with van der Waals surface area (Å²) in [5, 5.41) is 8.48. The molecule has 0 aliphatic carbocycles. The molecule has 1 aromatic heterocycles. The zero-order valence-corrected chi connectivity index (χ0v) is 16.8. The Morgan fingerprint density at radius 2 is 1.76 bits per heavy atom. The Bertz CT molecular complexity index is 997. The van der Waals surface area contributed by atoms with E-state index in [-0.39, 0.29) is 5.91 Å². The molecule has 6 nitrogen and oxygen atoms in total. The number of benzene rings is 2. The number of nitrogens with zero attached hydrogens (tertiary/aromatic N) is 3. The van der Waals surface area contributed by atoms with Crippen LogP contribution in [0.1, 0.15) is 35.4 Å². The zero-order valence-electron chi connectivity index (χ0n) is 16.8. The monoisotopic (exact) mass is 389 g/mol. The molecule has 3 aromatic rings. The average Bonchev–Trinajstić information content (AvgIpc) is 2.76. The van der Waals surface area contributed by atoms with Gasteiger partial charge in [0.2, 0.25) is 0 Å². The summed E-state index contributed by atoms with van der Waals surface area (Å²) in [6.07, 6.45) is 3.72. The molecule has 1 amide bonds. The number of amides is 1. The molecular weight excluding hydrogens is 362 g/mol. The van der Waals surface area contributed by atoms with Gasteiger partial charge in [-0.05, 0) is 49.1 Å². The number of piperidine rings is 1. The Morgan fingerprint density at radius 3 is 2.59 bits per heavy atom. The van der Waals surface area contributed by atoms with Crippen LogP contribution in [0.4, 0.5) is 11.6 Å². The maximum absolute atomic E-state index is 12.4. The molecule has 4 rings (SSSR count). The quantitative estimate of drug-likeness (QED) is 0.628. The van der Waals surface area contributed by atoms with E-state index in [0.717, 1.165) is 41.3 Å². The predicted molar refractivity (Wildman–Crippen MR) is 118 cm³/mol. The Hall–Kier alpha value is -3.15. The summed E-state index contributed by atoms with van der Waals surface area (Å²) in [4.78, 5) is 23.8. The third kappa shape index (κ3) is 4.83. The van der Waals surface area contributed by atoms with Crippen molar-refractivity contribution in [2.75, 3.05) is 36.4 Å². The molecule has 29 heavy (non-hydrogen) atoms. The molecule has 150 valence electrons. The maximum atomic E-state index is 12.4. The van der Waals surface area contributed by atoms with E-state index in [2.05, 4.69) is 25.5 Å². The normalized spacial score (nSPS) is 14.0. The van der Waals surface area contributed by atoms with E-state index in [4.69, 9.17) is 0 Å². The van der Waals surface area contributed by atoms with Crippen molar-refractivity contribution in [3.05, 3.63) is 59.9 Å². The molecule has 2 aromatic carbocycles. The molecule has 6 heteroatoms. The number of carbonyl (C=O) groups excluding carboxylic acids is 1. The third-order valence-electron chi connectivity index (χ3n) is 5.23. The number of rotatable bonds is 6. The highest BCUT2D eigenvalue weighted by Gasteiger charge is 2.14. The van der Waals surface area contributed by atoms with E-state index in [0.29, 0.717) is 18.7 Å². The summed E-state index contributed by atoms with van der Waals surface area (Å²) in [7, 11) is 0. The second-order valence-corrected chi connectivity index (χ2v) is 7.45. The summed E-state index contributed by atoms with van der Waals surface area (Å²) in [5.41, 5.74) is 0.675. The fraction of sp³-hybridized carbons (Fsp3) is 0.348. The van der Waals surface area contributed by atoms with E-state index in [1.54, 1.807) is 0 Å². The SMILES string of the molecule is Cc1nc(NCCNC(=O)c2ccc3ccccc3c2)cc(N2CCCCC2)n1. The Balaban J connectivity index is 1.31. The molecule has 1 fully saturated rings. The van der Waals surface area contributed by atoms with Crippen molar-refractivity contribution >= 4 is 28.3 Å². The number of nitrogens with one attached hydrogen (secondary N) is 2. The first-order valence-electron chi connectivity index (χ1n) is 10.3. The van der Waals surface area contributed by atoms with E-state index in [9.17, 15) is 4.79 Å². The van der Waals surface area contributed by atoms with Crippen LogP contribution in [0.15, 0.2) is 48.5 Å². The van der Waals surface area contributed by atoms with Gasteiger partial charge in [-0.3, -0.25) is 4.79 Å². The summed E-state index contributed by atoms with van der Waals surface area (Å²) in [5.74, 6) is 2.49. The van der Waals surface area contributed by atoms with Crippen LogP contribution in [0.5, 0.6) is 0 Å². The minimum Gasteiger partial charge on any atom is -0.368 e. The number of hydrogen-bond acceptors (Lipinski definition) is 5. The first-order chi connectivity index (χ1) is 14.2. The molecule has 2 N–H and O–H groups in total. The highest BCUT2D eigenvalue weighted by Crippen LogP contribution is 2.20. The standard InChI is InChI=1S/C23H27N5O/c1-17-26-21(16-22(27-17)28-13-5-2-6-14-28)24-11-12-25-23(29)20-10-9-18-7-3-4-8-19(18)15-20/h3-4,7-10,15-16H,2,5-6,11-14H2,1H3,(H,25,29)(H,24,26,27). The van der Waals surface area contributed by atoms with Gasteiger partial charge in [0.25, 0.3) is 5.91 Å². The lowest BCUT2D eigenvalue weighted by atomic mass is 10.1. The molecular formula is C23H27N5O. The first-order valence-corrected chi connectivity index (χ1v) is 10.3. The van der Waals surface area contributed by atoms with Crippen molar-refractivity contribution < 1.29 is 4.79 Å². The van der Waals surface area contributed by atoms with Crippen LogP contribution in [0.3, 0.4) is 0 Å². The topological polar surface area (TPSA) is 70.2 Å². The lowest BCUT2D eigenvalue weighted by Gasteiger charge is -2.28.